The molecule has 0 aromatic carbocycles. The van der Waals surface area contributed by atoms with Crippen LogP contribution < -0.4 is 5.32 Å². The molecule has 108 valence electrons. The van der Waals surface area contributed by atoms with Crippen LogP contribution in [0, 0.1) is 11.8 Å². The summed E-state index contributed by atoms with van der Waals surface area (Å²) in [6.45, 7) is 3.33. The first kappa shape index (κ1) is 14.3. The summed E-state index contributed by atoms with van der Waals surface area (Å²) in [6.07, 6.45) is 4.36. The average molecular weight is 268 g/mol. The fourth-order valence-corrected chi connectivity index (χ4v) is 2.61. The number of carbonyl (C=O) groups is 2. The van der Waals surface area contributed by atoms with E-state index in [9.17, 15) is 9.59 Å². The number of piperidine rings is 1. The van der Waals surface area contributed by atoms with E-state index in [2.05, 4.69) is 5.32 Å². The number of hydrogen-bond donors (Lipinski definition) is 2. The van der Waals surface area contributed by atoms with E-state index in [-0.39, 0.29) is 36.3 Å². The minimum Gasteiger partial charge on any atom is -0.396 e. The molecule has 2 atom stereocenters. The first-order valence-electron chi connectivity index (χ1n) is 7.32. The van der Waals surface area contributed by atoms with Crippen molar-refractivity contribution < 1.29 is 14.7 Å². The summed E-state index contributed by atoms with van der Waals surface area (Å²) in [7, 11) is 0. The zero-order valence-corrected chi connectivity index (χ0v) is 11.6. The largest absolute Gasteiger partial charge is 0.396 e. The molecule has 2 N–H and O–H groups in total. The predicted octanol–water partition coefficient (Wildman–Crippen LogP) is 0.522. The summed E-state index contributed by atoms with van der Waals surface area (Å²) in [5.74, 6) is 0.405. The van der Waals surface area contributed by atoms with Crippen LogP contribution in [-0.4, -0.2) is 47.6 Å². The van der Waals surface area contributed by atoms with Crippen molar-refractivity contribution in [2.45, 2.75) is 45.1 Å². The van der Waals surface area contributed by atoms with Crippen LogP contribution in [0.4, 0.5) is 0 Å². The maximum atomic E-state index is 12.1. The van der Waals surface area contributed by atoms with Gasteiger partial charge in [-0.2, -0.15) is 0 Å². The number of amides is 2. The number of carbonyl (C=O) groups excluding carboxylic acids is 2. The minimum absolute atomic E-state index is 0.00740. The SMILES string of the molecule is CC(CCO)NC(=O)C1CCCN(C(=O)C2CC2)C1. The van der Waals surface area contributed by atoms with Crippen LogP contribution in [0.25, 0.3) is 0 Å². The second-order valence-electron chi connectivity index (χ2n) is 5.82. The minimum atomic E-state index is -0.0856. The van der Waals surface area contributed by atoms with Crippen molar-refractivity contribution in [3.8, 4) is 0 Å². The standard InChI is InChI=1S/C14H24N2O3/c1-10(6-8-17)15-13(18)12-3-2-7-16(9-12)14(19)11-4-5-11/h10-12,17H,2-9H2,1H3,(H,15,18). The number of nitrogens with zero attached hydrogens (tertiary/aromatic N) is 1. The quantitative estimate of drug-likeness (QED) is 0.764. The van der Waals surface area contributed by atoms with Crippen molar-refractivity contribution in [3.63, 3.8) is 0 Å². The van der Waals surface area contributed by atoms with Gasteiger partial charge in [-0.15, -0.1) is 0 Å². The zero-order valence-electron chi connectivity index (χ0n) is 11.6. The van der Waals surface area contributed by atoms with Gasteiger partial charge in [0, 0.05) is 31.7 Å². The molecule has 1 aliphatic carbocycles. The predicted molar refractivity (Wildman–Crippen MR) is 71.3 cm³/mol. The van der Waals surface area contributed by atoms with Crippen molar-refractivity contribution in [2.24, 2.45) is 11.8 Å². The van der Waals surface area contributed by atoms with E-state index in [4.69, 9.17) is 5.11 Å². The van der Waals surface area contributed by atoms with Crippen LogP contribution >= 0.6 is 0 Å². The van der Waals surface area contributed by atoms with Gasteiger partial charge in [-0.1, -0.05) is 0 Å². The van der Waals surface area contributed by atoms with E-state index in [1.807, 2.05) is 11.8 Å². The Bertz CT molecular complexity index is 342. The molecule has 0 bridgehead atoms. The number of aliphatic hydroxyl groups excluding tert-OH is 1. The fourth-order valence-electron chi connectivity index (χ4n) is 2.61. The highest BCUT2D eigenvalue weighted by Crippen LogP contribution is 2.32. The molecule has 2 aliphatic rings. The lowest BCUT2D eigenvalue weighted by atomic mass is 9.96. The van der Waals surface area contributed by atoms with Crippen LogP contribution in [0.5, 0.6) is 0 Å². The molecule has 2 amide bonds. The first-order chi connectivity index (χ1) is 9.11. The summed E-state index contributed by atoms with van der Waals surface area (Å²) in [4.78, 5) is 26.0. The fraction of sp³-hybridized carbons (Fsp3) is 0.857. The molecular formula is C14H24N2O3. The van der Waals surface area contributed by atoms with Gasteiger partial charge in [0.25, 0.3) is 0 Å². The second-order valence-corrected chi connectivity index (χ2v) is 5.82. The molecule has 1 heterocycles. The van der Waals surface area contributed by atoms with Crippen molar-refractivity contribution in [2.75, 3.05) is 19.7 Å². The summed E-state index contributed by atoms with van der Waals surface area (Å²) < 4.78 is 0. The Morgan fingerprint density at radius 3 is 2.68 bits per heavy atom. The smallest absolute Gasteiger partial charge is 0.225 e. The van der Waals surface area contributed by atoms with E-state index >= 15 is 0 Å². The molecule has 19 heavy (non-hydrogen) atoms. The third kappa shape index (κ3) is 3.93. The van der Waals surface area contributed by atoms with Gasteiger partial charge in [-0.25, -0.2) is 0 Å². The maximum absolute atomic E-state index is 12.1. The lowest BCUT2D eigenvalue weighted by Crippen LogP contribution is -2.47. The molecule has 2 fully saturated rings. The van der Waals surface area contributed by atoms with Crippen molar-refractivity contribution in [1.82, 2.24) is 10.2 Å². The number of rotatable bonds is 5. The molecule has 1 saturated heterocycles. The zero-order chi connectivity index (χ0) is 13.8. The summed E-state index contributed by atoms with van der Waals surface area (Å²) in [5, 5.41) is 11.8. The van der Waals surface area contributed by atoms with Gasteiger partial charge in [0.05, 0.1) is 5.92 Å². The summed E-state index contributed by atoms with van der Waals surface area (Å²) >= 11 is 0. The van der Waals surface area contributed by atoms with Gasteiger partial charge < -0.3 is 15.3 Å². The number of nitrogens with one attached hydrogen (secondary N) is 1. The molecule has 5 nitrogen and oxygen atoms in total. The molecule has 2 rings (SSSR count). The van der Waals surface area contributed by atoms with Crippen LogP contribution in [0.2, 0.25) is 0 Å². The maximum Gasteiger partial charge on any atom is 0.225 e. The molecular weight excluding hydrogens is 244 g/mol. The van der Waals surface area contributed by atoms with E-state index in [1.54, 1.807) is 0 Å². The van der Waals surface area contributed by atoms with E-state index < -0.39 is 0 Å². The highest BCUT2D eigenvalue weighted by atomic mass is 16.3. The second kappa shape index (κ2) is 6.37. The summed E-state index contributed by atoms with van der Waals surface area (Å²) in [5.41, 5.74) is 0. The molecule has 1 saturated carbocycles. The van der Waals surface area contributed by atoms with Gasteiger partial charge in [0.15, 0.2) is 0 Å². The highest BCUT2D eigenvalue weighted by Gasteiger charge is 2.36. The monoisotopic (exact) mass is 268 g/mol. The van der Waals surface area contributed by atoms with Crippen LogP contribution in [-0.2, 0) is 9.59 Å². The van der Waals surface area contributed by atoms with Crippen molar-refractivity contribution in [3.05, 3.63) is 0 Å². The Hall–Kier alpha value is -1.10. The van der Waals surface area contributed by atoms with Gasteiger partial charge in [-0.05, 0) is 39.0 Å². The molecule has 0 radical (unpaired) electrons. The van der Waals surface area contributed by atoms with Crippen LogP contribution in [0.1, 0.15) is 39.0 Å². The summed E-state index contributed by atoms with van der Waals surface area (Å²) in [6, 6.07) is -0.00740. The number of hydrogen-bond acceptors (Lipinski definition) is 3. The van der Waals surface area contributed by atoms with Crippen LogP contribution in [0.15, 0.2) is 0 Å². The Morgan fingerprint density at radius 2 is 2.05 bits per heavy atom. The van der Waals surface area contributed by atoms with Gasteiger partial charge in [0.1, 0.15) is 0 Å². The Kier molecular flexibility index (Phi) is 4.80. The molecule has 2 unspecified atom stereocenters. The van der Waals surface area contributed by atoms with Crippen molar-refractivity contribution in [1.29, 1.82) is 0 Å². The first-order valence-corrected chi connectivity index (χ1v) is 7.32. The van der Waals surface area contributed by atoms with Gasteiger partial charge in [-0.3, -0.25) is 9.59 Å². The molecule has 0 aromatic rings. The van der Waals surface area contributed by atoms with E-state index in [1.165, 1.54) is 0 Å². The molecule has 5 heteroatoms. The van der Waals surface area contributed by atoms with E-state index in [0.29, 0.717) is 13.0 Å². The average Bonchev–Trinajstić information content (AvgIpc) is 3.22. The molecule has 0 aromatic heterocycles. The van der Waals surface area contributed by atoms with E-state index in [0.717, 1.165) is 32.2 Å². The Labute approximate surface area is 114 Å². The molecule has 0 spiro atoms. The normalized spacial score (nSPS) is 24.9. The lowest BCUT2D eigenvalue weighted by molar-refractivity contribution is -0.137. The number of aliphatic hydroxyl groups is 1. The Morgan fingerprint density at radius 1 is 1.32 bits per heavy atom. The highest BCUT2D eigenvalue weighted by molar-refractivity contribution is 5.83. The lowest BCUT2D eigenvalue weighted by Gasteiger charge is -2.32. The van der Waals surface area contributed by atoms with Gasteiger partial charge in [0.2, 0.25) is 11.8 Å². The topological polar surface area (TPSA) is 69.6 Å². The van der Waals surface area contributed by atoms with Crippen molar-refractivity contribution >= 4 is 11.8 Å². The Balaban J connectivity index is 1.82. The molecule has 1 aliphatic heterocycles. The van der Waals surface area contributed by atoms with Crippen LogP contribution in [0.3, 0.4) is 0 Å². The number of likely N-dealkylation sites (tertiary alicyclic amines) is 1. The third-order valence-corrected chi connectivity index (χ3v) is 3.98. The van der Waals surface area contributed by atoms with Gasteiger partial charge >= 0.3 is 0 Å². The third-order valence-electron chi connectivity index (χ3n) is 3.98.